The number of carbonyl (C=O) groups is 10. The molecule has 0 bridgehead atoms. The second kappa shape index (κ2) is 40.6. The Labute approximate surface area is 573 Å². The maximum atomic E-state index is 14.5. The lowest BCUT2D eigenvalue weighted by atomic mass is 10.0. The van der Waals surface area contributed by atoms with Gasteiger partial charge in [-0.05, 0) is 112 Å². The lowest BCUT2D eigenvalue weighted by molar-refractivity contribution is -0.142. The van der Waals surface area contributed by atoms with Crippen LogP contribution in [-0.2, 0) is 73.6 Å². The first kappa shape index (κ1) is 77.1. The van der Waals surface area contributed by atoms with E-state index in [0.29, 0.717) is 54.4 Å². The number of aromatic amines is 2. The highest BCUT2D eigenvalue weighted by atomic mass is 16.4. The van der Waals surface area contributed by atoms with Crippen LogP contribution in [0.3, 0.4) is 0 Å². The molecule has 8 atom stereocenters. The lowest BCUT2D eigenvalue weighted by Crippen LogP contribution is -2.59. The number of guanidine groups is 2. The maximum Gasteiger partial charge on any atom is 0.326 e. The summed E-state index contributed by atoms with van der Waals surface area (Å²) in [5.74, 6) is -8.62. The van der Waals surface area contributed by atoms with Crippen LogP contribution < -0.4 is 88.0 Å². The van der Waals surface area contributed by atoms with Gasteiger partial charge in [0.25, 0.3) is 0 Å². The van der Waals surface area contributed by atoms with E-state index in [-0.39, 0.29) is 95.9 Å². The van der Waals surface area contributed by atoms with Gasteiger partial charge in [0, 0.05) is 73.0 Å². The molecular formula is C68H94N20O11. The zero-order valence-electron chi connectivity index (χ0n) is 55.3. The van der Waals surface area contributed by atoms with Crippen LogP contribution in [0.1, 0.15) is 86.5 Å². The molecule has 6 rings (SSSR count). The van der Waals surface area contributed by atoms with E-state index >= 15 is 0 Å². The van der Waals surface area contributed by atoms with E-state index in [2.05, 4.69) is 67.8 Å². The second-order valence-electron chi connectivity index (χ2n) is 23.9. The number of carboxylic acids is 1. The number of H-pyrrole nitrogens is 2. The third kappa shape index (κ3) is 26.2. The number of aliphatic imine (C=N–C) groups is 2. The fraction of sp³-hybridized carbons (Fsp3) is 0.412. The molecule has 0 unspecified atom stereocenters. The number of rotatable bonds is 43. The van der Waals surface area contributed by atoms with Gasteiger partial charge in [-0.25, -0.2) is 4.79 Å². The van der Waals surface area contributed by atoms with E-state index in [1.54, 1.807) is 79.1 Å². The minimum atomic E-state index is -1.39. The molecule has 2 heterocycles. The summed E-state index contributed by atoms with van der Waals surface area (Å²) in [6.45, 7) is -0.525. The summed E-state index contributed by atoms with van der Waals surface area (Å²) in [7, 11) is 0. The third-order valence-corrected chi connectivity index (χ3v) is 16.2. The monoisotopic (exact) mass is 1370 g/mol. The molecule has 0 spiro atoms. The van der Waals surface area contributed by atoms with E-state index in [9.17, 15) is 53.1 Å². The van der Waals surface area contributed by atoms with Crippen LogP contribution in [0, 0.1) is 0 Å². The normalized spacial score (nSPS) is 13.5. The van der Waals surface area contributed by atoms with E-state index in [4.69, 9.17) is 40.1 Å². The topological polar surface area (TPSA) is 538 Å². The summed E-state index contributed by atoms with van der Waals surface area (Å²) in [4.78, 5) is 154. The van der Waals surface area contributed by atoms with Gasteiger partial charge in [-0.15, -0.1) is 0 Å². The molecule has 4 aromatic carbocycles. The van der Waals surface area contributed by atoms with Gasteiger partial charge in [0.2, 0.25) is 53.2 Å². The van der Waals surface area contributed by atoms with E-state index in [1.165, 1.54) is 0 Å². The summed E-state index contributed by atoms with van der Waals surface area (Å²) in [6, 6.07) is 21.7. The molecule has 0 radical (unpaired) electrons. The van der Waals surface area contributed by atoms with E-state index < -0.39 is 121 Å². The standard InChI is InChI=1S/C68H94N20O11/c69-29-13-11-26-50(84-64(96)55(35-43-37-78-48-24-9-7-21-45(43)48)86-59(91)47(71)23-15-31-76-67(72)73)61(93)87-53(33-41-17-3-1-4-18-41)60(92)81-39-57(89)80-40-58(90)82-54(34-42-19-5-2-6-20-42)63(95)83-51(27-12-14-30-70)62(94)88-56(36-44-38-79-49-25-10-8-22-46(44)49)65(97)85-52(66(98)99)28-16-32-77-68(74)75/h1-10,17-22,24-25,37-38,47,50-56,78-79H,11-16,23,26-36,39-40,69-71H2,(H,80,89)(H,81,92)(H,82,90)(H,83,95)(H,84,96)(H,85,97)(H,86,91)(H,87,93)(H,88,94)(H,98,99)(H4,72,73,76)(H4,74,75,77)/t47-,50-,51-,52-,53-,54-,55-,56-/m0/s1. The van der Waals surface area contributed by atoms with Gasteiger partial charge in [-0.3, -0.25) is 53.1 Å². The van der Waals surface area contributed by atoms with Crippen LogP contribution in [0.25, 0.3) is 21.8 Å². The van der Waals surface area contributed by atoms with Gasteiger partial charge < -0.3 is 103 Å². The Morgan fingerprint density at radius 1 is 0.394 bits per heavy atom. The second-order valence-corrected chi connectivity index (χ2v) is 23.9. The zero-order chi connectivity index (χ0) is 71.6. The summed E-state index contributed by atoms with van der Waals surface area (Å²) in [6.07, 6.45) is 5.59. The molecule has 26 N–H and O–H groups in total. The molecule has 0 aliphatic heterocycles. The summed E-state index contributed by atoms with van der Waals surface area (Å²) in [5.41, 5.74) is 43.8. The number of hydrogen-bond acceptors (Lipinski definition) is 15. The molecule has 2 aromatic heterocycles. The maximum absolute atomic E-state index is 14.5. The molecule has 0 saturated heterocycles. The summed E-state index contributed by atoms with van der Waals surface area (Å²) in [5, 5.41) is 35.7. The molecule has 0 aliphatic carbocycles. The highest BCUT2D eigenvalue weighted by Gasteiger charge is 2.34. The van der Waals surface area contributed by atoms with Crippen molar-refractivity contribution in [1.29, 1.82) is 0 Å². The van der Waals surface area contributed by atoms with E-state index in [1.807, 2.05) is 42.5 Å². The van der Waals surface area contributed by atoms with Crippen LogP contribution in [-0.4, -0.2) is 174 Å². The van der Waals surface area contributed by atoms with Crippen molar-refractivity contribution in [3.05, 3.63) is 144 Å². The first-order chi connectivity index (χ1) is 47.6. The predicted molar refractivity (Wildman–Crippen MR) is 375 cm³/mol. The van der Waals surface area contributed by atoms with Crippen molar-refractivity contribution in [3.8, 4) is 0 Å². The molecule has 31 nitrogen and oxygen atoms in total. The molecule has 9 amide bonds. The van der Waals surface area contributed by atoms with Crippen molar-refractivity contribution in [2.24, 2.45) is 50.1 Å². The van der Waals surface area contributed by atoms with Gasteiger partial charge in [-0.2, -0.15) is 0 Å². The smallest absolute Gasteiger partial charge is 0.326 e. The number of fused-ring (bicyclic) bond motifs is 2. The Balaban J connectivity index is 1.14. The van der Waals surface area contributed by atoms with Crippen LogP contribution in [0.5, 0.6) is 0 Å². The average Bonchev–Trinajstić information content (AvgIpc) is 1.73. The summed E-state index contributed by atoms with van der Waals surface area (Å²) >= 11 is 0. The van der Waals surface area contributed by atoms with Gasteiger partial charge in [-0.1, -0.05) is 97.1 Å². The number of benzene rings is 4. The molecule has 0 saturated carbocycles. The first-order valence-corrected chi connectivity index (χ1v) is 33.0. The fourth-order valence-electron chi connectivity index (χ4n) is 10.9. The van der Waals surface area contributed by atoms with Crippen molar-refractivity contribution in [1.82, 2.24) is 57.8 Å². The van der Waals surface area contributed by atoms with Crippen molar-refractivity contribution < 1.29 is 53.1 Å². The minimum Gasteiger partial charge on any atom is -0.480 e. The zero-order valence-corrected chi connectivity index (χ0v) is 55.3. The Bertz CT molecular complexity index is 3710. The van der Waals surface area contributed by atoms with Crippen LogP contribution in [0.15, 0.2) is 132 Å². The van der Waals surface area contributed by atoms with Gasteiger partial charge in [0.1, 0.15) is 42.3 Å². The number of amides is 9. The Morgan fingerprint density at radius 3 is 1.22 bits per heavy atom. The summed E-state index contributed by atoms with van der Waals surface area (Å²) < 4.78 is 0. The number of para-hydroxylation sites is 2. The number of aromatic nitrogens is 2. The lowest BCUT2D eigenvalue weighted by Gasteiger charge is -2.26. The van der Waals surface area contributed by atoms with Gasteiger partial charge >= 0.3 is 5.97 Å². The van der Waals surface area contributed by atoms with Crippen molar-refractivity contribution in [3.63, 3.8) is 0 Å². The highest BCUT2D eigenvalue weighted by Crippen LogP contribution is 2.22. The number of nitrogens with one attached hydrogen (secondary N) is 11. The van der Waals surface area contributed by atoms with Crippen LogP contribution in [0.4, 0.5) is 0 Å². The molecule has 31 heteroatoms. The van der Waals surface area contributed by atoms with E-state index in [0.717, 1.165) is 21.8 Å². The minimum absolute atomic E-state index is 0.00521. The largest absolute Gasteiger partial charge is 0.480 e. The first-order valence-electron chi connectivity index (χ1n) is 33.0. The van der Waals surface area contributed by atoms with Gasteiger partial charge in [0.05, 0.1) is 19.1 Å². The molecule has 532 valence electrons. The SMILES string of the molecule is NCCCC[C@H](NC(=O)[C@H](Cc1ccccc1)NC(=O)CNC(=O)CNC(=O)[C@H](Cc1ccccc1)NC(=O)[C@H](CCCCN)NC(=O)[C@H](Cc1c[nH]c2ccccc12)NC(=O)[C@@H](N)CCCN=C(N)N)C(=O)N[C@@H](Cc1c[nH]c2ccccc12)C(=O)N[C@@H](CCCN=C(N)N)C(=O)O. The number of carbonyl (C=O) groups excluding carboxylic acids is 9. The number of nitrogens with two attached hydrogens (primary N) is 7. The number of unbranched alkanes of at least 4 members (excludes halogenated alkanes) is 2. The number of nitrogens with zero attached hydrogens (tertiary/aromatic N) is 2. The van der Waals surface area contributed by atoms with Gasteiger partial charge in [0.15, 0.2) is 11.9 Å². The Hall–Kier alpha value is -10.9. The quantitative estimate of drug-likeness (QED) is 0.0116. The third-order valence-electron chi connectivity index (χ3n) is 16.2. The van der Waals surface area contributed by atoms with Crippen molar-refractivity contribution in [2.45, 2.75) is 138 Å². The number of carboxylic acid groups (broad SMARTS) is 1. The van der Waals surface area contributed by atoms with Crippen molar-refractivity contribution in [2.75, 3.05) is 39.3 Å². The average molecular weight is 1370 g/mol. The fourth-order valence-corrected chi connectivity index (χ4v) is 10.9. The van der Waals surface area contributed by atoms with Crippen LogP contribution in [0.2, 0.25) is 0 Å². The Morgan fingerprint density at radius 2 is 0.768 bits per heavy atom. The van der Waals surface area contributed by atoms with Crippen LogP contribution >= 0.6 is 0 Å². The Kier molecular flexibility index (Phi) is 31.6. The number of aliphatic carboxylic acids is 1. The molecule has 99 heavy (non-hydrogen) atoms. The predicted octanol–water partition coefficient (Wildman–Crippen LogP) is -1.68. The van der Waals surface area contributed by atoms with Crippen molar-refractivity contribution >= 4 is 92.9 Å². The highest BCUT2D eigenvalue weighted by molar-refractivity contribution is 5.98. The molecule has 0 fully saturated rings. The number of hydrogen-bond donors (Lipinski definition) is 19. The molecule has 6 aromatic rings. The molecular weight excluding hydrogens is 1270 g/mol. The molecule has 0 aliphatic rings.